The third kappa shape index (κ3) is 3.02. The first-order valence-corrected chi connectivity index (χ1v) is 6.57. The lowest BCUT2D eigenvalue weighted by Gasteiger charge is -2.35. The molecule has 3 heteroatoms. The van der Waals surface area contributed by atoms with E-state index in [4.69, 9.17) is 4.74 Å². The molecule has 2 nitrogen and oxygen atoms in total. The molecular formula is C15H21FO2. The quantitative estimate of drug-likeness (QED) is 0.894. The summed E-state index contributed by atoms with van der Waals surface area (Å²) in [4.78, 5) is 0. The van der Waals surface area contributed by atoms with Crippen molar-refractivity contribution in [2.75, 3.05) is 7.11 Å². The molecule has 0 amide bonds. The van der Waals surface area contributed by atoms with E-state index >= 15 is 0 Å². The highest BCUT2D eigenvalue weighted by molar-refractivity contribution is 5.30. The van der Waals surface area contributed by atoms with Gasteiger partial charge in [-0.05, 0) is 36.5 Å². The molecule has 2 rings (SSSR count). The molecule has 0 aromatic heterocycles. The van der Waals surface area contributed by atoms with Gasteiger partial charge < -0.3 is 9.84 Å². The van der Waals surface area contributed by atoms with E-state index in [1.807, 2.05) is 6.07 Å². The van der Waals surface area contributed by atoms with Gasteiger partial charge in [0.05, 0.1) is 12.7 Å². The zero-order valence-electron chi connectivity index (χ0n) is 11.1. The Morgan fingerprint density at radius 3 is 2.89 bits per heavy atom. The molecule has 1 aromatic rings. The van der Waals surface area contributed by atoms with Crippen LogP contribution in [0.15, 0.2) is 18.2 Å². The van der Waals surface area contributed by atoms with Crippen LogP contribution < -0.4 is 4.74 Å². The molecule has 2 unspecified atom stereocenters. The number of methoxy groups -OCH3 is 1. The van der Waals surface area contributed by atoms with Gasteiger partial charge in [-0.25, -0.2) is 4.39 Å². The molecule has 0 heterocycles. The van der Waals surface area contributed by atoms with Crippen LogP contribution in [0.5, 0.6) is 5.75 Å². The lowest BCUT2D eigenvalue weighted by molar-refractivity contribution is -0.0124. The fourth-order valence-electron chi connectivity index (χ4n) is 2.99. The molecule has 0 spiro atoms. The van der Waals surface area contributed by atoms with Crippen LogP contribution in [-0.2, 0) is 6.42 Å². The third-order valence-corrected chi connectivity index (χ3v) is 3.82. The lowest BCUT2D eigenvalue weighted by atomic mass is 9.76. The van der Waals surface area contributed by atoms with Crippen LogP contribution in [0.4, 0.5) is 4.39 Å². The molecule has 0 bridgehead atoms. The molecule has 2 atom stereocenters. The van der Waals surface area contributed by atoms with Gasteiger partial charge in [-0.2, -0.15) is 0 Å². The lowest BCUT2D eigenvalue weighted by Crippen LogP contribution is -2.36. The highest BCUT2D eigenvalue weighted by Crippen LogP contribution is 2.35. The summed E-state index contributed by atoms with van der Waals surface area (Å²) in [5.74, 6) is 0.442. The summed E-state index contributed by atoms with van der Waals surface area (Å²) >= 11 is 0. The summed E-state index contributed by atoms with van der Waals surface area (Å²) in [6.07, 6.45) is 4.37. The third-order valence-electron chi connectivity index (χ3n) is 3.82. The zero-order chi connectivity index (χ0) is 13.2. The molecule has 0 aliphatic heterocycles. The highest BCUT2D eigenvalue weighted by Gasteiger charge is 2.32. The van der Waals surface area contributed by atoms with E-state index in [0.717, 1.165) is 24.8 Å². The van der Waals surface area contributed by atoms with Crippen molar-refractivity contribution in [3.63, 3.8) is 0 Å². The molecule has 1 aromatic carbocycles. The summed E-state index contributed by atoms with van der Waals surface area (Å²) < 4.78 is 18.5. The topological polar surface area (TPSA) is 29.5 Å². The Balaban J connectivity index is 2.11. The van der Waals surface area contributed by atoms with E-state index in [1.54, 1.807) is 6.07 Å². The Morgan fingerprint density at radius 2 is 2.28 bits per heavy atom. The minimum Gasteiger partial charge on any atom is -0.494 e. The Morgan fingerprint density at radius 1 is 1.50 bits per heavy atom. The summed E-state index contributed by atoms with van der Waals surface area (Å²) in [7, 11) is 1.45. The summed E-state index contributed by atoms with van der Waals surface area (Å²) in [5.41, 5.74) is 0.170. The van der Waals surface area contributed by atoms with Crippen LogP contribution >= 0.6 is 0 Å². The number of hydrogen-bond donors (Lipinski definition) is 1. The van der Waals surface area contributed by atoms with Crippen LogP contribution in [-0.4, -0.2) is 17.8 Å². The second-order valence-corrected chi connectivity index (χ2v) is 5.57. The van der Waals surface area contributed by atoms with Crippen LogP contribution in [0, 0.1) is 11.7 Å². The van der Waals surface area contributed by atoms with Gasteiger partial charge in [0.1, 0.15) is 0 Å². The molecule has 0 radical (unpaired) electrons. The highest BCUT2D eigenvalue weighted by atomic mass is 19.1. The van der Waals surface area contributed by atoms with Gasteiger partial charge in [-0.15, -0.1) is 0 Å². The first-order valence-electron chi connectivity index (χ1n) is 6.57. The molecule has 1 saturated carbocycles. The van der Waals surface area contributed by atoms with Gasteiger partial charge in [0.2, 0.25) is 0 Å². The number of aliphatic hydroxyl groups is 1. The van der Waals surface area contributed by atoms with Gasteiger partial charge in [0, 0.05) is 6.42 Å². The normalized spacial score (nSPS) is 28.1. The Bertz CT molecular complexity index is 419. The standard InChI is InChI=1S/C15H21FO2/c1-11-4-3-7-15(17,9-11)10-12-5-6-14(18-2)13(16)8-12/h5-6,8,11,17H,3-4,7,9-10H2,1-2H3. The van der Waals surface area contributed by atoms with E-state index < -0.39 is 5.60 Å². The SMILES string of the molecule is COc1ccc(CC2(O)CCCC(C)C2)cc1F. The Hall–Kier alpha value is -1.09. The number of hydrogen-bond acceptors (Lipinski definition) is 2. The number of rotatable bonds is 3. The maximum atomic E-state index is 13.6. The average Bonchev–Trinajstić information content (AvgIpc) is 2.28. The fourth-order valence-corrected chi connectivity index (χ4v) is 2.99. The van der Waals surface area contributed by atoms with Crippen LogP contribution in [0.25, 0.3) is 0 Å². The first-order chi connectivity index (χ1) is 8.52. The van der Waals surface area contributed by atoms with Crippen molar-refractivity contribution in [1.82, 2.24) is 0 Å². The number of halogens is 1. The van der Waals surface area contributed by atoms with E-state index in [1.165, 1.54) is 19.6 Å². The van der Waals surface area contributed by atoms with Gasteiger partial charge in [-0.3, -0.25) is 0 Å². The Kier molecular flexibility index (Phi) is 3.91. The maximum absolute atomic E-state index is 13.6. The van der Waals surface area contributed by atoms with Gasteiger partial charge >= 0.3 is 0 Å². The van der Waals surface area contributed by atoms with E-state index in [2.05, 4.69) is 6.92 Å². The minimum atomic E-state index is -0.668. The number of ether oxygens (including phenoxy) is 1. The molecule has 1 aliphatic carbocycles. The van der Waals surface area contributed by atoms with Gasteiger partial charge in [-0.1, -0.05) is 25.8 Å². The van der Waals surface area contributed by atoms with Gasteiger partial charge in [0.15, 0.2) is 11.6 Å². The monoisotopic (exact) mass is 252 g/mol. The second kappa shape index (κ2) is 5.27. The molecule has 1 aliphatic rings. The molecule has 1 fully saturated rings. The molecule has 0 saturated heterocycles. The van der Waals surface area contributed by atoms with E-state index in [0.29, 0.717) is 12.3 Å². The Labute approximate surface area is 108 Å². The smallest absolute Gasteiger partial charge is 0.165 e. The van der Waals surface area contributed by atoms with Crippen molar-refractivity contribution in [2.24, 2.45) is 5.92 Å². The van der Waals surface area contributed by atoms with Crippen molar-refractivity contribution >= 4 is 0 Å². The van der Waals surface area contributed by atoms with Crippen LogP contribution in [0.1, 0.15) is 38.2 Å². The minimum absolute atomic E-state index is 0.253. The zero-order valence-corrected chi connectivity index (χ0v) is 11.1. The second-order valence-electron chi connectivity index (χ2n) is 5.57. The molecule has 100 valence electrons. The molecule has 18 heavy (non-hydrogen) atoms. The predicted octanol–water partition coefficient (Wildman–Crippen LogP) is 3.32. The van der Waals surface area contributed by atoms with Crippen LogP contribution in [0.2, 0.25) is 0 Å². The van der Waals surface area contributed by atoms with Crippen molar-refractivity contribution in [2.45, 2.75) is 44.6 Å². The van der Waals surface area contributed by atoms with E-state index in [9.17, 15) is 9.50 Å². The van der Waals surface area contributed by atoms with Crippen molar-refractivity contribution in [3.8, 4) is 5.75 Å². The van der Waals surface area contributed by atoms with E-state index in [-0.39, 0.29) is 11.6 Å². The maximum Gasteiger partial charge on any atom is 0.165 e. The van der Waals surface area contributed by atoms with Crippen LogP contribution in [0.3, 0.4) is 0 Å². The summed E-state index contributed by atoms with van der Waals surface area (Å²) in [5, 5.41) is 10.6. The number of benzene rings is 1. The first kappa shape index (κ1) is 13.3. The summed E-state index contributed by atoms with van der Waals surface area (Å²) in [6, 6.07) is 4.93. The van der Waals surface area contributed by atoms with Crippen molar-refractivity contribution in [1.29, 1.82) is 0 Å². The predicted molar refractivity (Wildman–Crippen MR) is 69.2 cm³/mol. The fraction of sp³-hybridized carbons (Fsp3) is 0.600. The van der Waals surface area contributed by atoms with Crippen molar-refractivity contribution in [3.05, 3.63) is 29.6 Å². The average molecular weight is 252 g/mol. The summed E-state index contributed by atoms with van der Waals surface area (Å²) in [6.45, 7) is 2.17. The van der Waals surface area contributed by atoms with Gasteiger partial charge in [0.25, 0.3) is 0 Å². The molecular weight excluding hydrogens is 231 g/mol. The largest absolute Gasteiger partial charge is 0.494 e. The van der Waals surface area contributed by atoms with Crippen molar-refractivity contribution < 1.29 is 14.2 Å². The molecule has 1 N–H and O–H groups in total.